The number of rotatable bonds is 6. The molecule has 0 unspecified atom stereocenters. The monoisotopic (exact) mass is 310 g/mol. The molecular weight excluding hydrogens is 287 g/mol. The van der Waals surface area contributed by atoms with Crippen LogP contribution >= 0.6 is 0 Å². The first-order valence-electron chi connectivity index (χ1n) is 7.55. The minimum atomic E-state index is -0.681. The van der Waals surface area contributed by atoms with Gasteiger partial charge in [-0.1, -0.05) is 0 Å². The number of hydrogen-bond acceptors (Lipinski definition) is 4. The van der Waals surface area contributed by atoms with Gasteiger partial charge in [-0.3, -0.25) is 9.69 Å². The summed E-state index contributed by atoms with van der Waals surface area (Å²) in [6.07, 6.45) is 1.01. The molecule has 2 rings (SSSR count). The van der Waals surface area contributed by atoms with Crippen molar-refractivity contribution >= 4 is 5.91 Å². The van der Waals surface area contributed by atoms with Gasteiger partial charge in [0.25, 0.3) is 0 Å². The van der Waals surface area contributed by atoms with Crippen molar-refractivity contribution in [2.24, 2.45) is 11.7 Å². The number of aliphatic hydroxyl groups excluding tert-OH is 1. The first-order valence-corrected chi connectivity index (χ1v) is 7.55. The number of halogens is 1. The SMILES string of the molecule is C[C@@H]1CC[C@@H](C(N)=O)CN1C[C@@H](O)COc1ccc(F)cc1. The van der Waals surface area contributed by atoms with Crippen molar-refractivity contribution in [3.05, 3.63) is 30.1 Å². The topological polar surface area (TPSA) is 75.8 Å². The maximum absolute atomic E-state index is 12.8. The Balaban J connectivity index is 1.81. The lowest BCUT2D eigenvalue weighted by atomic mass is 9.93. The minimum absolute atomic E-state index is 0.121. The van der Waals surface area contributed by atoms with Crippen LogP contribution in [0.1, 0.15) is 19.8 Å². The van der Waals surface area contributed by atoms with Gasteiger partial charge in [-0.15, -0.1) is 0 Å². The number of ether oxygens (including phenoxy) is 1. The highest BCUT2D eigenvalue weighted by molar-refractivity contribution is 5.76. The van der Waals surface area contributed by atoms with Crippen molar-refractivity contribution in [2.75, 3.05) is 19.7 Å². The van der Waals surface area contributed by atoms with Crippen LogP contribution in [0.4, 0.5) is 4.39 Å². The Labute approximate surface area is 129 Å². The van der Waals surface area contributed by atoms with E-state index in [4.69, 9.17) is 10.5 Å². The smallest absolute Gasteiger partial charge is 0.221 e. The van der Waals surface area contributed by atoms with Crippen LogP contribution in [0.3, 0.4) is 0 Å². The predicted octanol–water partition coefficient (Wildman–Crippen LogP) is 1.15. The molecule has 0 spiro atoms. The van der Waals surface area contributed by atoms with Gasteiger partial charge in [-0.2, -0.15) is 0 Å². The maximum atomic E-state index is 12.8. The highest BCUT2D eigenvalue weighted by Gasteiger charge is 2.29. The molecular formula is C16H23FN2O3. The molecule has 1 aromatic rings. The molecule has 0 saturated carbocycles. The zero-order valence-electron chi connectivity index (χ0n) is 12.7. The summed E-state index contributed by atoms with van der Waals surface area (Å²) in [6.45, 7) is 3.19. The summed E-state index contributed by atoms with van der Waals surface area (Å²) in [4.78, 5) is 13.4. The second-order valence-corrected chi connectivity index (χ2v) is 5.90. The third-order valence-corrected chi connectivity index (χ3v) is 4.11. The van der Waals surface area contributed by atoms with E-state index in [1.54, 1.807) is 0 Å². The van der Waals surface area contributed by atoms with Crippen LogP contribution in [0, 0.1) is 11.7 Å². The predicted molar refractivity (Wildman–Crippen MR) is 80.9 cm³/mol. The molecule has 122 valence electrons. The number of likely N-dealkylation sites (tertiary alicyclic amines) is 1. The highest BCUT2D eigenvalue weighted by Crippen LogP contribution is 2.22. The van der Waals surface area contributed by atoms with Crippen LogP contribution in [0.15, 0.2) is 24.3 Å². The summed E-state index contributed by atoms with van der Waals surface area (Å²) in [5, 5.41) is 10.1. The van der Waals surface area contributed by atoms with Gasteiger partial charge in [0.1, 0.15) is 24.3 Å². The Morgan fingerprint density at radius 1 is 1.45 bits per heavy atom. The average molecular weight is 310 g/mol. The van der Waals surface area contributed by atoms with Crippen molar-refractivity contribution in [3.8, 4) is 5.75 Å². The molecule has 3 N–H and O–H groups in total. The van der Waals surface area contributed by atoms with Gasteiger partial charge in [0.15, 0.2) is 0 Å². The first-order chi connectivity index (χ1) is 10.5. The first kappa shape index (κ1) is 16.7. The molecule has 3 atom stereocenters. The molecule has 1 aliphatic heterocycles. The number of nitrogens with two attached hydrogens (primary N) is 1. The zero-order chi connectivity index (χ0) is 16.1. The van der Waals surface area contributed by atoms with Gasteiger partial charge in [0.2, 0.25) is 5.91 Å². The molecule has 0 aliphatic carbocycles. The van der Waals surface area contributed by atoms with Crippen molar-refractivity contribution < 1.29 is 19.0 Å². The summed E-state index contributed by atoms with van der Waals surface area (Å²) in [7, 11) is 0. The summed E-state index contributed by atoms with van der Waals surface area (Å²) in [5.74, 6) is -0.245. The number of piperidine rings is 1. The number of carbonyl (C=O) groups excluding carboxylic acids is 1. The van der Waals surface area contributed by atoms with Crippen LogP contribution in [0.5, 0.6) is 5.75 Å². The lowest BCUT2D eigenvalue weighted by Crippen LogP contribution is -2.49. The number of hydrogen-bond donors (Lipinski definition) is 2. The molecule has 22 heavy (non-hydrogen) atoms. The fourth-order valence-corrected chi connectivity index (χ4v) is 2.71. The highest BCUT2D eigenvalue weighted by atomic mass is 19.1. The lowest BCUT2D eigenvalue weighted by molar-refractivity contribution is -0.124. The summed E-state index contributed by atoms with van der Waals surface area (Å²) in [5.41, 5.74) is 5.37. The molecule has 0 bridgehead atoms. The van der Waals surface area contributed by atoms with Crippen molar-refractivity contribution in [1.29, 1.82) is 0 Å². The van der Waals surface area contributed by atoms with Crippen molar-refractivity contribution in [1.82, 2.24) is 4.90 Å². The number of benzene rings is 1. The van der Waals surface area contributed by atoms with Gasteiger partial charge in [-0.25, -0.2) is 4.39 Å². The molecule has 1 aliphatic rings. The van der Waals surface area contributed by atoms with E-state index >= 15 is 0 Å². The van der Waals surface area contributed by atoms with E-state index < -0.39 is 6.10 Å². The van der Waals surface area contributed by atoms with E-state index in [9.17, 15) is 14.3 Å². The van der Waals surface area contributed by atoms with E-state index in [1.807, 2.05) is 0 Å². The molecule has 0 aromatic heterocycles. The standard InChI is InChI=1S/C16H23FN2O3/c1-11-2-3-12(16(18)21)8-19(11)9-14(20)10-22-15-6-4-13(17)5-7-15/h4-7,11-12,14,20H,2-3,8-10H2,1H3,(H2,18,21)/t11-,12-,14-/m1/s1. The fraction of sp³-hybridized carbons (Fsp3) is 0.562. The van der Waals surface area contributed by atoms with Crippen LogP contribution in [0.25, 0.3) is 0 Å². The molecule has 1 amide bonds. The normalized spacial score (nSPS) is 24.0. The van der Waals surface area contributed by atoms with E-state index in [0.29, 0.717) is 24.9 Å². The minimum Gasteiger partial charge on any atom is -0.491 e. The Morgan fingerprint density at radius 3 is 2.77 bits per heavy atom. The summed E-state index contributed by atoms with van der Waals surface area (Å²) in [6, 6.07) is 5.97. The number of carbonyl (C=O) groups is 1. The van der Waals surface area contributed by atoms with Gasteiger partial charge in [0.05, 0.1) is 5.92 Å². The second kappa shape index (κ2) is 7.56. The quantitative estimate of drug-likeness (QED) is 0.826. The third kappa shape index (κ3) is 4.68. The third-order valence-electron chi connectivity index (χ3n) is 4.11. The van der Waals surface area contributed by atoms with Crippen molar-refractivity contribution in [2.45, 2.75) is 31.9 Å². The van der Waals surface area contributed by atoms with Crippen LogP contribution < -0.4 is 10.5 Å². The Morgan fingerprint density at radius 2 is 2.14 bits per heavy atom. The number of nitrogens with zero attached hydrogens (tertiary/aromatic N) is 1. The molecule has 1 saturated heterocycles. The van der Waals surface area contributed by atoms with E-state index in [-0.39, 0.29) is 24.2 Å². The van der Waals surface area contributed by atoms with Crippen LogP contribution in [0.2, 0.25) is 0 Å². The van der Waals surface area contributed by atoms with Gasteiger partial charge in [0, 0.05) is 19.1 Å². The molecule has 1 aromatic carbocycles. The summed E-state index contributed by atoms with van der Waals surface area (Å²) < 4.78 is 18.2. The number of β-amino-alcohol motifs (C(OH)–C–C–N with tert-alkyl or cyclic N) is 1. The largest absolute Gasteiger partial charge is 0.491 e. The Kier molecular flexibility index (Phi) is 5.74. The van der Waals surface area contributed by atoms with Gasteiger partial charge >= 0.3 is 0 Å². The van der Waals surface area contributed by atoms with E-state index in [1.165, 1.54) is 24.3 Å². The lowest BCUT2D eigenvalue weighted by Gasteiger charge is -2.37. The van der Waals surface area contributed by atoms with Gasteiger partial charge < -0.3 is 15.6 Å². The zero-order valence-corrected chi connectivity index (χ0v) is 12.7. The number of aliphatic hydroxyl groups is 1. The molecule has 1 fully saturated rings. The molecule has 1 heterocycles. The maximum Gasteiger partial charge on any atom is 0.221 e. The molecule has 5 nitrogen and oxygen atoms in total. The number of amides is 1. The fourth-order valence-electron chi connectivity index (χ4n) is 2.71. The summed E-state index contributed by atoms with van der Waals surface area (Å²) >= 11 is 0. The van der Waals surface area contributed by atoms with Gasteiger partial charge in [-0.05, 0) is 44.0 Å². The van der Waals surface area contributed by atoms with E-state index in [2.05, 4.69) is 11.8 Å². The van der Waals surface area contributed by atoms with Crippen LogP contribution in [-0.2, 0) is 4.79 Å². The Bertz CT molecular complexity index is 495. The van der Waals surface area contributed by atoms with Crippen LogP contribution in [-0.4, -0.2) is 47.8 Å². The number of primary amides is 1. The molecule has 6 heteroatoms. The Hall–Kier alpha value is -1.66. The van der Waals surface area contributed by atoms with Crippen molar-refractivity contribution in [3.63, 3.8) is 0 Å². The van der Waals surface area contributed by atoms with E-state index in [0.717, 1.165) is 12.8 Å². The molecule has 0 radical (unpaired) electrons. The second-order valence-electron chi connectivity index (χ2n) is 5.90. The average Bonchev–Trinajstić information content (AvgIpc) is 2.48.